The Balaban J connectivity index is 2.09. The number of nitrogens with two attached hydrogens (primary N) is 1. The minimum absolute atomic E-state index is 0.150. The van der Waals surface area contributed by atoms with Crippen LogP contribution in [0.3, 0.4) is 0 Å². The van der Waals surface area contributed by atoms with Gasteiger partial charge in [0.15, 0.2) is 5.82 Å². The molecule has 2 aromatic carbocycles. The maximum Gasteiger partial charge on any atom is 0.152 e. The topological polar surface area (TPSA) is 55.0 Å². The first-order valence-corrected chi connectivity index (χ1v) is 12.0. The SMILES string of the molecule is CCN(CC)C(CCC(C)N)c1nc(C=Cc2ccc(Br)cc2)nc2cc(Cl)ccc12. The quantitative estimate of drug-likeness (QED) is 0.353. The van der Waals surface area contributed by atoms with Crippen LogP contribution < -0.4 is 5.73 Å². The summed E-state index contributed by atoms with van der Waals surface area (Å²) in [6.07, 6.45) is 5.89. The molecule has 0 aliphatic carbocycles. The molecule has 0 fully saturated rings. The molecule has 2 N–H and O–H groups in total. The number of halogens is 2. The van der Waals surface area contributed by atoms with Crippen LogP contribution in [0.2, 0.25) is 5.02 Å². The molecular formula is C25H30BrClN4. The van der Waals surface area contributed by atoms with Crippen molar-refractivity contribution in [2.24, 2.45) is 5.73 Å². The molecule has 31 heavy (non-hydrogen) atoms. The summed E-state index contributed by atoms with van der Waals surface area (Å²) in [7, 11) is 0. The minimum atomic E-state index is 0.150. The lowest BCUT2D eigenvalue weighted by molar-refractivity contribution is 0.200. The Morgan fingerprint density at radius 1 is 1.03 bits per heavy atom. The maximum atomic E-state index is 6.30. The van der Waals surface area contributed by atoms with E-state index in [-0.39, 0.29) is 12.1 Å². The first-order valence-electron chi connectivity index (χ1n) is 10.8. The van der Waals surface area contributed by atoms with E-state index in [9.17, 15) is 0 Å². The monoisotopic (exact) mass is 500 g/mol. The van der Waals surface area contributed by atoms with Crippen molar-refractivity contribution >= 4 is 50.6 Å². The van der Waals surface area contributed by atoms with Crippen LogP contribution in [0.4, 0.5) is 0 Å². The van der Waals surface area contributed by atoms with E-state index in [4.69, 9.17) is 27.3 Å². The standard InChI is InChI=1S/C25H30BrClN4/c1-4-31(5-2)23(14-6-17(3)28)25-21-13-12-20(27)16-22(21)29-24(30-25)15-9-18-7-10-19(26)11-8-18/h7-13,15-17,23H,4-6,14,28H2,1-3H3. The molecule has 0 spiro atoms. The highest BCUT2D eigenvalue weighted by Gasteiger charge is 2.23. The molecule has 0 amide bonds. The fraction of sp³-hybridized carbons (Fsp3) is 0.360. The molecule has 2 atom stereocenters. The molecule has 0 aliphatic rings. The maximum absolute atomic E-state index is 6.30. The van der Waals surface area contributed by atoms with Crippen molar-refractivity contribution in [1.29, 1.82) is 0 Å². The van der Waals surface area contributed by atoms with Gasteiger partial charge in [-0.3, -0.25) is 4.90 Å². The average Bonchev–Trinajstić information content (AvgIpc) is 2.75. The summed E-state index contributed by atoms with van der Waals surface area (Å²) in [6.45, 7) is 8.34. The zero-order valence-corrected chi connectivity index (χ0v) is 20.7. The van der Waals surface area contributed by atoms with Crippen molar-refractivity contribution in [2.45, 2.75) is 45.7 Å². The average molecular weight is 502 g/mol. The van der Waals surface area contributed by atoms with Crippen LogP contribution in [0, 0.1) is 0 Å². The van der Waals surface area contributed by atoms with E-state index in [1.54, 1.807) is 0 Å². The van der Waals surface area contributed by atoms with Gasteiger partial charge in [0, 0.05) is 20.9 Å². The lowest BCUT2D eigenvalue weighted by Gasteiger charge is -2.30. The van der Waals surface area contributed by atoms with E-state index < -0.39 is 0 Å². The van der Waals surface area contributed by atoms with Crippen molar-refractivity contribution in [3.05, 3.63) is 69.0 Å². The Kier molecular flexibility index (Phi) is 8.61. The summed E-state index contributed by atoms with van der Waals surface area (Å²) in [4.78, 5) is 12.3. The molecule has 3 aromatic rings. The fourth-order valence-electron chi connectivity index (χ4n) is 3.80. The van der Waals surface area contributed by atoms with Crippen molar-refractivity contribution in [3.8, 4) is 0 Å². The lowest BCUT2D eigenvalue weighted by atomic mass is 9.99. The van der Waals surface area contributed by atoms with Crippen molar-refractivity contribution in [3.63, 3.8) is 0 Å². The summed E-state index contributed by atoms with van der Waals surface area (Å²) in [5.41, 5.74) is 9.11. The molecule has 0 aliphatic heterocycles. The Bertz CT molecular complexity index is 1030. The number of nitrogens with zero attached hydrogens (tertiary/aromatic N) is 3. The van der Waals surface area contributed by atoms with Gasteiger partial charge in [0.05, 0.1) is 17.3 Å². The summed E-state index contributed by atoms with van der Waals surface area (Å²) < 4.78 is 1.06. The molecule has 4 nitrogen and oxygen atoms in total. The number of hydrogen-bond donors (Lipinski definition) is 1. The largest absolute Gasteiger partial charge is 0.328 e. The van der Waals surface area contributed by atoms with Crippen LogP contribution in [0.1, 0.15) is 56.7 Å². The lowest BCUT2D eigenvalue weighted by Crippen LogP contribution is -2.31. The second-order valence-corrected chi connectivity index (χ2v) is 9.16. The van der Waals surface area contributed by atoms with E-state index >= 15 is 0 Å². The molecule has 6 heteroatoms. The summed E-state index contributed by atoms with van der Waals surface area (Å²) >= 11 is 9.78. The van der Waals surface area contributed by atoms with Crippen LogP contribution in [0.5, 0.6) is 0 Å². The van der Waals surface area contributed by atoms with E-state index in [1.807, 2.05) is 42.5 Å². The predicted octanol–water partition coefficient (Wildman–Crippen LogP) is 6.73. The van der Waals surface area contributed by atoms with Crippen LogP contribution in [0.15, 0.2) is 46.9 Å². The van der Waals surface area contributed by atoms with Gasteiger partial charge in [-0.05, 0) is 74.8 Å². The third-order valence-corrected chi connectivity index (χ3v) is 6.23. The highest BCUT2D eigenvalue weighted by atomic mass is 79.9. The van der Waals surface area contributed by atoms with Gasteiger partial charge < -0.3 is 5.73 Å². The van der Waals surface area contributed by atoms with E-state index in [1.165, 1.54) is 0 Å². The molecule has 1 heterocycles. The fourth-order valence-corrected chi connectivity index (χ4v) is 4.23. The van der Waals surface area contributed by atoms with Crippen molar-refractivity contribution < 1.29 is 0 Å². The number of aromatic nitrogens is 2. The van der Waals surface area contributed by atoms with Gasteiger partial charge in [-0.1, -0.05) is 59.6 Å². The molecule has 2 unspecified atom stereocenters. The van der Waals surface area contributed by atoms with Crippen molar-refractivity contribution in [2.75, 3.05) is 13.1 Å². The minimum Gasteiger partial charge on any atom is -0.328 e. The zero-order valence-electron chi connectivity index (χ0n) is 18.4. The number of hydrogen-bond acceptors (Lipinski definition) is 4. The van der Waals surface area contributed by atoms with Gasteiger partial charge in [0.1, 0.15) is 0 Å². The van der Waals surface area contributed by atoms with Gasteiger partial charge in [-0.25, -0.2) is 9.97 Å². The van der Waals surface area contributed by atoms with E-state index in [2.05, 4.69) is 53.7 Å². The Morgan fingerprint density at radius 2 is 1.74 bits per heavy atom. The molecule has 3 rings (SSSR count). The van der Waals surface area contributed by atoms with Gasteiger partial charge in [-0.2, -0.15) is 0 Å². The second-order valence-electron chi connectivity index (χ2n) is 7.81. The molecule has 0 radical (unpaired) electrons. The number of fused-ring (bicyclic) bond motifs is 1. The Morgan fingerprint density at radius 3 is 2.39 bits per heavy atom. The second kappa shape index (κ2) is 11.2. The van der Waals surface area contributed by atoms with Gasteiger partial charge in [0.2, 0.25) is 0 Å². The molecule has 1 aromatic heterocycles. The normalized spacial score (nSPS) is 13.9. The van der Waals surface area contributed by atoms with Crippen LogP contribution in [-0.4, -0.2) is 34.0 Å². The first-order chi connectivity index (χ1) is 14.9. The third kappa shape index (κ3) is 6.36. The summed E-state index contributed by atoms with van der Waals surface area (Å²) in [6, 6.07) is 14.4. The third-order valence-electron chi connectivity index (χ3n) is 5.46. The van der Waals surface area contributed by atoms with Crippen LogP contribution in [0.25, 0.3) is 23.1 Å². The van der Waals surface area contributed by atoms with Gasteiger partial charge in [0.25, 0.3) is 0 Å². The van der Waals surface area contributed by atoms with Gasteiger partial charge in [-0.15, -0.1) is 0 Å². The highest BCUT2D eigenvalue weighted by Crippen LogP contribution is 2.31. The molecule has 0 saturated carbocycles. The molecule has 164 valence electrons. The Labute approximate surface area is 198 Å². The zero-order chi connectivity index (χ0) is 22.4. The highest BCUT2D eigenvalue weighted by molar-refractivity contribution is 9.10. The van der Waals surface area contributed by atoms with Crippen LogP contribution in [-0.2, 0) is 0 Å². The predicted molar refractivity (Wildman–Crippen MR) is 136 cm³/mol. The number of rotatable bonds is 9. The van der Waals surface area contributed by atoms with Gasteiger partial charge >= 0.3 is 0 Å². The molecular weight excluding hydrogens is 472 g/mol. The van der Waals surface area contributed by atoms with E-state index in [0.717, 1.165) is 52.6 Å². The molecule has 0 bridgehead atoms. The molecule has 0 saturated heterocycles. The smallest absolute Gasteiger partial charge is 0.152 e. The number of benzene rings is 2. The summed E-state index contributed by atoms with van der Waals surface area (Å²) in [5, 5.41) is 1.72. The Hall–Kier alpha value is -1.79. The summed E-state index contributed by atoms with van der Waals surface area (Å²) in [5.74, 6) is 0.686. The van der Waals surface area contributed by atoms with E-state index in [0.29, 0.717) is 10.8 Å². The van der Waals surface area contributed by atoms with Crippen LogP contribution >= 0.6 is 27.5 Å². The first kappa shape index (κ1) is 23.9. The van der Waals surface area contributed by atoms with Crippen molar-refractivity contribution in [1.82, 2.24) is 14.9 Å².